The quantitative estimate of drug-likeness (QED) is 0.394. The number of aromatic nitrogens is 1. The molecule has 1 aromatic carbocycles. The average molecular weight is 375 g/mol. The molecule has 0 aliphatic rings. The van der Waals surface area contributed by atoms with Crippen LogP contribution in [0.15, 0.2) is 23.0 Å². The molecule has 0 amide bonds. The number of ether oxygens (including phenoxy) is 1. The number of aromatic hydroxyl groups is 1. The molecule has 0 radical (unpaired) electrons. The number of nitrogens with zero attached hydrogens (tertiary/aromatic N) is 1. The van der Waals surface area contributed by atoms with Crippen LogP contribution in [-0.2, 0) is 6.54 Å². The first-order chi connectivity index (χ1) is 13.1. The number of pyridine rings is 1. The van der Waals surface area contributed by atoms with Crippen LogP contribution in [0, 0.1) is 0 Å². The molecule has 27 heavy (non-hydrogen) atoms. The summed E-state index contributed by atoms with van der Waals surface area (Å²) in [6.45, 7) is 5.25. The molecule has 0 aliphatic carbocycles. The Morgan fingerprint density at radius 1 is 1.00 bits per heavy atom. The lowest BCUT2D eigenvalue weighted by atomic mass is 10.1. The number of rotatable bonds is 12. The zero-order chi connectivity index (χ0) is 19.6. The molecule has 0 aliphatic heterocycles. The molecule has 0 saturated carbocycles. The van der Waals surface area contributed by atoms with E-state index in [1.807, 2.05) is 13.0 Å². The summed E-state index contributed by atoms with van der Waals surface area (Å²) in [6, 6.07) is 5.36. The lowest BCUT2D eigenvalue weighted by Gasteiger charge is -2.16. The highest BCUT2D eigenvalue weighted by atomic mass is 16.5. The van der Waals surface area contributed by atoms with Gasteiger partial charge in [0.15, 0.2) is 5.75 Å². The summed E-state index contributed by atoms with van der Waals surface area (Å²) in [6.07, 6.45) is 10.5. The van der Waals surface area contributed by atoms with Gasteiger partial charge < -0.3 is 20.1 Å². The summed E-state index contributed by atoms with van der Waals surface area (Å²) in [5.41, 5.74) is 6.79. The Morgan fingerprint density at radius 3 is 2.33 bits per heavy atom. The fourth-order valence-electron chi connectivity index (χ4n) is 3.43. The van der Waals surface area contributed by atoms with Crippen LogP contribution in [0.25, 0.3) is 10.9 Å². The van der Waals surface area contributed by atoms with Crippen molar-refractivity contribution in [3.8, 4) is 11.5 Å². The van der Waals surface area contributed by atoms with Gasteiger partial charge in [-0.15, -0.1) is 0 Å². The molecular formula is C22H34N2O3. The van der Waals surface area contributed by atoms with E-state index in [1.165, 1.54) is 38.5 Å². The number of anilines is 1. The summed E-state index contributed by atoms with van der Waals surface area (Å²) >= 11 is 0. The van der Waals surface area contributed by atoms with E-state index in [0.717, 1.165) is 24.6 Å². The first-order valence-electron chi connectivity index (χ1n) is 10.4. The Kier molecular flexibility index (Phi) is 8.49. The lowest BCUT2D eigenvalue weighted by molar-refractivity contribution is 0.290. The molecule has 0 saturated heterocycles. The minimum absolute atomic E-state index is 0.283. The first kappa shape index (κ1) is 21.1. The van der Waals surface area contributed by atoms with Crippen molar-refractivity contribution in [1.29, 1.82) is 0 Å². The van der Waals surface area contributed by atoms with Gasteiger partial charge in [-0.25, -0.2) is 0 Å². The molecule has 1 heterocycles. The van der Waals surface area contributed by atoms with Gasteiger partial charge in [-0.05, 0) is 31.0 Å². The predicted molar refractivity (Wildman–Crippen MR) is 113 cm³/mol. The van der Waals surface area contributed by atoms with E-state index in [-0.39, 0.29) is 11.5 Å². The van der Waals surface area contributed by atoms with Crippen molar-refractivity contribution in [3.63, 3.8) is 0 Å². The van der Waals surface area contributed by atoms with E-state index in [9.17, 15) is 9.90 Å². The third-order valence-corrected chi connectivity index (χ3v) is 4.91. The fraction of sp³-hybridized carbons (Fsp3) is 0.591. The second-order valence-electron chi connectivity index (χ2n) is 7.23. The molecule has 3 N–H and O–H groups in total. The van der Waals surface area contributed by atoms with Crippen molar-refractivity contribution in [3.05, 3.63) is 28.6 Å². The highest BCUT2D eigenvalue weighted by Crippen LogP contribution is 2.33. The molecule has 0 unspecified atom stereocenters. The van der Waals surface area contributed by atoms with Gasteiger partial charge in [0.05, 0.1) is 12.1 Å². The predicted octanol–water partition coefficient (Wildman–Crippen LogP) is 5.22. The van der Waals surface area contributed by atoms with Gasteiger partial charge >= 0.3 is 0 Å². The highest BCUT2D eigenvalue weighted by Gasteiger charge is 2.17. The van der Waals surface area contributed by atoms with Crippen molar-refractivity contribution in [1.82, 2.24) is 4.57 Å². The SMILES string of the molecule is CCCCCCCCCCOc1c(O)c(=O)n(CCC)c2cc(N)ccc12. The van der Waals surface area contributed by atoms with Crippen LogP contribution in [0.2, 0.25) is 0 Å². The zero-order valence-corrected chi connectivity index (χ0v) is 16.8. The third kappa shape index (κ3) is 5.65. The highest BCUT2D eigenvalue weighted by molar-refractivity contribution is 5.89. The molecule has 1 aromatic heterocycles. The summed E-state index contributed by atoms with van der Waals surface area (Å²) in [5.74, 6) is -0.0226. The van der Waals surface area contributed by atoms with Gasteiger partial charge in [-0.1, -0.05) is 58.8 Å². The van der Waals surface area contributed by atoms with Crippen molar-refractivity contribution in [2.45, 2.75) is 78.2 Å². The largest absolute Gasteiger partial charge is 0.500 e. The van der Waals surface area contributed by atoms with Crippen LogP contribution in [0.1, 0.15) is 71.6 Å². The number of aryl methyl sites for hydroxylation is 1. The third-order valence-electron chi connectivity index (χ3n) is 4.91. The number of benzene rings is 1. The van der Waals surface area contributed by atoms with E-state index in [1.54, 1.807) is 16.7 Å². The van der Waals surface area contributed by atoms with Gasteiger partial charge in [0.1, 0.15) is 0 Å². The maximum atomic E-state index is 12.6. The first-order valence-corrected chi connectivity index (χ1v) is 10.4. The van der Waals surface area contributed by atoms with Crippen LogP contribution in [0.4, 0.5) is 5.69 Å². The molecule has 2 aromatic rings. The Balaban J connectivity index is 2.03. The van der Waals surface area contributed by atoms with Gasteiger partial charge in [-0.3, -0.25) is 4.79 Å². The van der Waals surface area contributed by atoms with Gasteiger partial charge in [0, 0.05) is 17.6 Å². The molecule has 2 rings (SSSR count). The van der Waals surface area contributed by atoms with Crippen molar-refractivity contribution < 1.29 is 9.84 Å². The van der Waals surface area contributed by atoms with Gasteiger partial charge in [-0.2, -0.15) is 0 Å². The van der Waals surface area contributed by atoms with Crippen LogP contribution in [-0.4, -0.2) is 16.3 Å². The molecule has 150 valence electrons. The normalized spacial score (nSPS) is 11.2. The monoisotopic (exact) mass is 374 g/mol. The van der Waals surface area contributed by atoms with Crippen molar-refractivity contribution in [2.24, 2.45) is 0 Å². The topological polar surface area (TPSA) is 77.5 Å². The number of hydrogen-bond acceptors (Lipinski definition) is 4. The van der Waals surface area contributed by atoms with Gasteiger partial charge in [0.2, 0.25) is 5.75 Å². The second kappa shape index (κ2) is 10.9. The molecule has 0 fully saturated rings. The minimum Gasteiger partial charge on any atom is -0.500 e. The Morgan fingerprint density at radius 2 is 1.67 bits per heavy atom. The molecule has 5 heteroatoms. The van der Waals surface area contributed by atoms with Crippen LogP contribution >= 0.6 is 0 Å². The summed E-state index contributed by atoms with van der Waals surface area (Å²) in [7, 11) is 0. The lowest BCUT2D eigenvalue weighted by Crippen LogP contribution is -2.21. The maximum Gasteiger partial charge on any atom is 0.297 e. The van der Waals surface area contributed by atoms with Crippen LogP contribution < -0.4 is 16.0 Å². The minimum atomic E-state index is -0.416. The van der Waals surface area contributed by atoms with E-state index in [0.29, 0.717) is 24.4 Å². The smallest absolute Gasteiger partial charge is 0.297 e. The van der Waals surface area contributed by atoms with E-state index >= 15 is 0 Å². The molecule has 0 bridgehead atoms. The number of nitrogens with two attached hydrogens (primary N) is 1. The van der Waals surface area contributed by atoms with Gasteiger partial charge in [0.25, 0.3) is 5.56 Å². The number of unbranched alkanes of at least 4 members (excludes halogenated alkanes) is 7. The van der Waals surface area contributed by atoms with E-state index in [4.69, 9.17) is 10.5 Å². The number of fused-ring (bicyclic) bond motifs is 1. The van der Waals surface area contributed by atoms with Crippen molar-refractivity contribution in [2.75, 3.05) is 12.3 Å². The fourth-order valence-corrected chi connectivity index (χ4v) is 3.43. The Bertz CT molecular complexity index is 783. The van der Waals surface area contributed by atoms with Crippen LogP contribution in [0.5, 0.6) is 11.5 Å². The summed E-state index contributed by atoms with van der Waals surface area (Å²) < 4.78 is 7.42. The maximum absolute atomic E-state index is 12.6. The number of nitrogen functional groups attached to an aromatic ring is 1. The molecule has 0 spiro atoms. The average Bonchev–Trinajstić information content (AvgIpc) is 2.66. The summed E-state index contributed by atoms with van der Waals surface area (Å²) in [5, 5.41) is 11.1. The standard InChI is InChI=1S/C22H34N2O3/c1-3-5-6-7-8-9-10-11-15-27-21-18-13-12-17(23)16-19(18)24(14-4-2)22(26)20(21)25/h12-13,16,25H,3-11,14-15,23H2,1-2H3. The summed E-state index contributed by atoms with van der Waals surface area (Å²) in [4.78, 5) is 12.6. The van der Waals surface area contributed by atoms with E-state index < -0.39 is 5.56 Å². The van der Waals surface area contributed by atoms with Crippen molar-refractivity contribution >= 4 is 16.6 Å². The van der Waals surface area contributed by atoms with E-state index in [2.05, 4.69) is 6.92 Å². The second-order valence-corrected chi connectivity index (χ2v) is 7.23. The molecule has 5 nitrogen and oxygen atoms in total. The molecular weight excluding hydrogens is 340 g/mol. The Labute approximate surface area is 162 Å². The van der Waals surface area contributed by atoms with Crippen LogP contribution in [0.3, 0.4) is 0 Å². The zero-order valence-electron chi connectivity index (χ0n) is 16.8. The molecule has 0 atom stereocenters. The Hall–Kier alpha value is -2.17. The number of hydrogen-bond donors (Lipinski definition) is 2.